The molecule has 2 N–H and O–H groups in total. The van der Waals surface area contributed by atoms with Gasteiger partial charge in [-0.1, -0.05) is 19.9 Å². The van der Waals surface area contributed by atoms with Gasteiger partial charge in [-0.3, -0.25) is 5.10 Å². The Bertz CT molecular complexity index is 509. The minimum atomic E-state index is 0.559. The van der Waals surface area contributed by atoms with Gasteiger partial charge in [0.25, 0.3) is 0 Å². The molecule has 0 radical (unpaired) electrons. The highest BCUT2D eigenvalue weighted by Gasteiger charge is 2.06. The lowest BCUT2D eigenvalue weighted by molar-refractivity contribution is 0.623. The maximum absolute atomic E-state index is 4.41. The van der Waals surface area contributed by atoms with E-state index >= 15 is 0 Å². The Kier molecular flexibility index (Phi) is 4.19. The van der Waals surface area contributed by atoms with Crippen molar-refractivity contribution in [2.24, 2.45) is 5.92 Å². The van der Waals surface area contributed by atoms with E-state index in [4.69, 9.17) is 0 Å². The third-order valence-electron chi connectivity index (χ3n) is 2.31. The predicted octanol–water partition coefficient (Wildman–Crippen LogP) is 2.86. The van der Waals surface area contributed by atoms with Crippen molar-refractivity contribution in [3.8, 4) is 0 Å². The van der Waals surface area contributed by atoms with E-state index in [1.807, 2.05) is 24.5 Å². The summed E-state index contributed by atoms with van der Waals surface area (Å²) in [7, 11) is 0. The van der Waals surface area contributed by atoms with Gasteiger partial charge >= 0.3 is 0 Å². The molecule has 2 heterocycles. The lowest BCUT2D eigenvalue weighted by Crippen LogP contribution is -1.97. The smallest absolute Gasteiger partial charge is 0.247 e. The molecule has 6 heteroatoms. The number of nitrogens with zero attached hydrogens (tertiary/aromatic N) is 3. The van der Waals surface area contributed by atoms with Crippen LogP contribution >= 0.6 is 11.8 Å². The SMILES string of the molecule is CSc1cccc(Nc2n[nH]c(CC(C)C)n2)n1. The summed E-state index contributed by atoms with van der Waals surface area (Å²) >= 11 is 1.61. The first kappa shape index (κ1) is 12.9. The molecule has 96 valence electrons. The van der Waals surface area contributed by atoms with Crippen LogP contribution < -0.4 is 5.32 Å². The van der Waals surface area contributed by atoms with Crippen LogP contribution in [0.3, 0.4) is 0 Å². The third-order valence-corrected chi connectivity index (χ3v) is 2.95. The molecule has 5 nitrogen and oxygen atoms in total. The predicted molar refractivity (Wildman–Crippen MR) is 74.2 cm³/mol. The highest BCUT2D eigenvalue weighted by atomic mass is 32.2. The molecule has 0 spiro atoms. The molecular formula is C12H17N5S. The van der Waals surface area contributed by atoms with Crippen molar-refractivity contribution < 1.29 is 0 Å². The second kappa shape index (κ2) is 5.86. The highest BCUT2D eigenvalue weighted by molar-refractivity contribution is 7.98. The molecule has 0 saturated carbocycles. The summed E-state index contributed by atoms with van der Waals surface area (Å²) < 4.78 is 0. The minimum Gasteiger partial charge on any atom is -0.307 e. The zero-order valence-electron chi connectivity index (χ0n) is 10.8. The summed E-state index contributed by atoms with van der Waals surface area (Å²) in [5.41, 5.74) is 0. The van der Waals surface area contributed by atoms with Crippen LogP contribution in [0.1, 0.15) is 19.7 Å². The maximum Gasteiger partial charge on any atom is 0.247 e. The first-order valence-electron chi connectivity index (χ1n) is 5.86. The summed E-state index contributed by atoms with van der Waals surface area (Å²) in [6, 6.07) is 5.83. The van der Waals surface area contributed by atoms with E-state index in [0.717, 1.165) is 23.1 Å². The number of pyridine rings is 1. The largest absolute Gasteiger partial charge is 0.307 e. The van der Waals surface area contributed by atoms with Crippen molar-refractivity contribution in [1.29, 1.82) is 0 Å². The molecule has 0 amide bonds. The molecule has 0 atom stereocenters. The second-order valence-corrected chi connectivity index (χ2v) is 5.22. The van der Waals surface area contributed by atoms with Gasteiger partial charge in [-0.2, -0.15) is 4.98 Å². The fourth-order valence-corrected chi connectivity index (χ4v) is 1.95. The molecule has 0 aliphatic heterocycles. The third kappa shape index (κ3) is 3.46. The molecule has 0 saturated heterocycles. The van der Waals surface area contributed by atoms with E-state index in [-0.39, 0.29) is 0 Å². The average molecular weight is 263 g/mol. The van der Waals surface area contributed by atoms with Crippen LogP contribution in [-0.4, -0.2) is 26.4 Å². The van der Waals surface area contributed by atoms with Crippen molar-refractivity contribution in [2.45, 2.75) is 25.3 Å². The molecule has 0 aliphatic rings. The van der Waals surface area contributed by atoms with Crippen LogP contribution in [0.5, 0.6) is 0 Å². The minimum absolute atomic E-state index is 0.559. The van der Waals surface area contributed by atoms with Crippen LogP contribution in [0, 0.1) is 5.92 Å². The molecular weight excluding hydrogens is 246 g/mol. The van der Waals surface area contributed by atoms with Crippen LogP contribution in [0.4, 0.5) is 11.8 Å². The first-order chi connectivity index (χ1) is 8.67. The molecule has 2 rings (SSSR count). The Labute approximate surface area is 111 Å². The summed E-state index contributed by atoms with van der Waals surface area (Å²) in [6.07, 6.45) is 2.90. The average Bonchev–Trinajstić information content (AvgIpc) is 2.76. The fourth-order valence-electron chi connectivity index (χ4n) is 1.54. The Balaban J connectivity index is 2.06. The van der Waals surface area contributed by atoms with E-state index in [9.17, 15) is 0 Å². The number of hydrogen-bond donors (Lipinski definition) is 2. The second-order valence-electron chi connectivity index (χ2n) is 4.39. The lowest BCUT2D eigenvalue weighted by atomic mass is 10.1. The monoisotopic (exact) mass is 263 g/mol. The standard InChI is InChI=1S/C12H17N5S/c1-8(2)7-10-15-12(17-16-10)14-9-5-4-6-11(13-9)18-3/h4-6,8H,7H2,1-3H3,(H2,13,14,15,16,17). The zero-order chi connectivity index (χ0) is 13.0. The number of rotatable bonds is 5. The number of hydrogen-bond acceptors (Lipinski definition) is 5. The maximum atomic E-state index is 4.41. The molecule has 0 fully saturated rings. The lowest BCUT2D eigenvalue weighted by Gasteiger charge is -2.02. The molecule has 18 heavy (non-hydrogen) atoms. The molecule has 0 aromatic carbocycles. The summed E-state index contributed by atoms with van der Waals surface area (Å²) in [4.78, 5) is 8.79. The van der Waals surface area contributed by atoms with Crippen molar-refractivity contribution in [1.82, 2.24) is 20.2 Å². The van der Waals surface area contributed by atoms with Gasteiger partial charge in [0.2, 0.25) is 5.95 Å². The summed E-state index contributed by atoms with van der Waals surface area (Å²) in [5, 5.41) is 11.1. The van der Waals surface area contributed by atoms with Crippen LogP contribution in [0.2, 0.25) is 0 Å². The Morgan fingerprint density at radius 2 is 2.17 bits per heavy atom. The number of nitrogens with one attached hydrogen (secondary N) is 2. The fraction of sp³-hybridized carbons (Fsp3) is 0.417. The number of thioether (sulfide) groups is 1. The van der Waals surface area contributed by atoms with Gasteiger partial charge in [0.15, 0.2) is 0 Å². The normalized spacial score (nSPS) is 10.9. The van der Waals surface area contributed by atoms with Gasteiger partial charge in [0.05, 0.1) is 5.03 Å². The van der Waals surface area contributed by atoms with E-state index in [1.165, 1.54) is 0 Å². The van der Waals surface area contributed by atoms with Crippen molar-refractivity contribution in [3.05, 3.63) is 24.0 Å². The van der Waals surface area contributed by atoms with Gasteiger partial charge in [-0.05, 0) is 24.3 Å². The van der Waals surface area contributed by atoms with Crippen LogP contribution in [0.15, 0.2) is 23.2 Å². The highest BCUT2D eigenvalue weighted by Crippen LogP contribution is 2.16. The molecule has 0 aliphatic carbocycles. The molecule has 0 unspecified atom stereocenters. The molecule has 2 aromatic heterocycles. The Morgan fingerprint density at radius 1 is 1.33 bits per heavy atom. The van der Waals surface area contributed by atoms with Crippen molar-refractivity contribution in [3.63, 3.8) is 0 Å². The quantitative estimate of drug-likeness (QED) is 0.812. The van der Waals surface area contributed by atoms with Gasteiger partial charge in [0, 0.05) is 6.42 Å². The first-order valence-corrected chi connectivity index (χ1v) is 7.09. The van der Waals surface area contributed by atoms with Crippen LogP contribution in [0.25, 0.3) is 0 Å². The van der Waals surface area contributed by atoms with Gasteiger partial charge < -0.3 is 5.32 Å². The van der Waals surface area contributed by atoms with Gasteiger partial charge in [-0.25, -0.2) is 4.98 Å². The topological polar surface area (TPSA) is 66.5 Å². The number of aromatic amines is 1. The van der Waals surface area contributed by atoms with Gasteiger partial charge in [-0.15, -0.1) is 16.9 Å². The summed E-state index contributed by atoms with van der Waals surface area (Å²) in [6.45, 7) is 4.30. The Morgan fingerprint density at radius 3 is 2.89 bits per heavy atom. The van der Waals surface area contributed by atoms with E-state index < -0.39 is 0 Å². The number of anilines is 2. The van der Waals surface area contributed by atoms with E-state index in [1.54, 1.807) is 11.8 Å². The van der Waals surface area contributed by atoms with E-state index in [2.05, 4.69) is 39.3 Å². The number of aromatic nitrogens is 4. The summed E-state index contributed by atoms with van der Waals surface area (Å²) in [5.74, 6) is 2.78. The van der Waals surface area contributed by atoms with Gasteiger partial charge in [0.1, 0.15) is 11.6 Å². The molecule has 2 aromatic rings. The van der Waals surface area contributed by atoms with E-state index in [0.29, 0.717) is 11.9 Å². The van der Waals surface area contributed by atoms with Crippen LogP contribution in [-0.2, 0) is 6.42 Å². The zero-order valence-corrected chi connectivity index (χ0v) is 11.6. The van der Waals surface area contributed by atoms with Crippen molar-refractivity contribution in [2.75, 3.05) is 11.6 Å². The number of H-pyrrole nitrogens is 1. The molecule has 0 bridgehead atoms. The van der Waals surface area contributed by atoms with Crippen molar-refractivity contribution >= 4 is 23.5 Å². The Hall–Kier alpha value is -1.56.